The molecule has 0 amide bonds. The van der Waals surface area contributed by atoms with Crippen LogP contribution in [-0.4, -0.2) is 57.4 Å². The van der Waals surface area contributed by atoms with Gasteiger partial charge in [0, 0.05) is 20.1 Å². The number of alkyl halides is 3. The molecule has 8 heteroatoms. The van der Waals surface area contributed by atoms with Crippen LogP contribution < -0.4 is 15.4 Å². The lowest BCUT2D eigenvalue weighted by molar-refractivity contribution is -0.132. The lowest BCUT2D eigenvalue weighted by atomic mass is 10.1. The van der Waals surface area contributed by atoms with Crippen LogP contribution in [0.3, 0.4) is 0 Å². The van der Waals surface area contributed by atoms with Gasteiger partial charge in [0.05, 0.1) is 19.6 Å². The molecule has 1 aliphatic heterocycles. The van der Waals surface area contributed by atoms with Crippen LogP contribution in [0.1, 0.15) is 30.9 Å². The molecule has 2 rings (SSSR count). The molecule has 5 nitrogen and oxygen atoms in total. The monoisotopic (exact) mass is 372 g/mol. The molecular weight excluding hydrogens is 345 g/mol. The van der Waals surface area contributed by atoms with Crippen molar-refractivity contribution in [3.8, 4) is 5.75 Å². The van der Waals surface area contributed by atoms with Gasteiger partial charge in [0.15, 0.2) is 5.96 Å². The summed E-state index contributed by atoms with van der Waals surface area (Å²) >= 11 is 0. The molecule has 0 aliphatic carbocycles. The third kappa shape index (κ3) is 6.40. The van der Waals surface area contributed by atoms with Gasteiger partial charge in [0.25, 0.3) is 0 Å². The van der Waals surface area contributed by atoms with E-state index >= 15 is 0 Å². The van der Waals surface area contributed by atoms with Crippen molar-refractivity contribution in [3.63, 3.8) is 0 Å². The quantitative estimate of drug-likeness (QED) is 0.571. The first-order valence-corrected chi connectivity index (χ1v) is 8.82. The Kier molecular flexibility index (Phi) is 7.56. The summed E-state index contributed by atoms with van der Waals surface area (Å²) in [7, 11) is 3.19. The third-order valence-corrected chi connectivity index (χ3v) is 4.45. The highest BCUT2D eigenvalue weighted by molar-refractivity contribution is 5.79. The van der Waals surface area contributed by atoms with Gasteiger partial charge in [-0.3, -0.25) is 9.89 Å². The Morgan fingerprint density at radius 2 is 2.00 bits per heavy atom. The van der Waals surface area contributed by atoms with E-state index < -0.39 is 12.6 Å². The molecule has 1 unspecified atom stereocenters. The van der Waals surface area contributed by atoms with Crippen LogP contribution in [0.5, 0.6) is 5.75 Å². The molecule has 1 fully saturated rings. The number of benzene rings is 1. The van der Waals surface area contributed by atoms with E-state index in [2.05, 4.69) is 20.5 Å². The number of aliphatic imine (C=N–C) groups is 1. The van der Waals surface area contributed by atoms with Crippen LogP contribution in [0.15, 0.2) is 29.3 Å². The van der Waals surface area contributed by atoms with Crippen molar-refractivity contribution in [2.75, 3.05) is 40.3 Å². The highest BCUT2D eigenvalue weighted by Gasteiger charge is 2.27. The second-order valence-corrected chi connectivity index (χ2v) is 6.28. The van der Waals surface area contributed by atoms with E-state index in [4.69, 9.17) is 4.74 Å². The number of guanidine groups is 1. The van der Waals surface area contributed by atoms with Crippen LogP contribution >= 0.6 is 0 Å². The summed E-state index contributed by atoms with van der Waals surface area (Å²) < 4.78 is 42.2. The molecule has 1 aromatic rings. The molecule has 1 atom stereocenters. The maximum Gasteiger partial charge on any atom is 0.390 e. The Morgan fingerprint density at radius 3 is 2.62 bits per heavy atom. The normalized spacial score (nSPS) is 17.2. The number of halogens is 3. The summed E-state index contributed by atoms with van der Waals surface area (Å²) in [5.74, 6) is 1.17. The van der Waals surface area contributed by atoms with Crippen LogP contribution in [0.25, 0.3) is 0 Å². The number of nitrogens with one attached hydrogen (secondary N) is 2. The predicted octanol–water partition coefficient (Wildman–Crippen LogP) is 2.95. The molecule has 1 heterocycles. The molecule has 146 valence electrons. The Labute approximate surface area is 152 Å². The van der Waals surface area contributed by atoms with E-state index in [9.17, 15) is 13.2 Å². The van der Waals surface area contributed by atoms with Crippen molar-refractivity contribution in [2.45, 2.75) is 31.5 Å². The predicted molar refractivity (Wildman–Crippen MR) is 96.6 cm³/mol. The lowest BCUT2D eigenvalue weighted by Crippen LogP contribution is -2.43. The van der Waals surface area contributed by atoms with Gasteiger partial charge in [-0.1, -0.05) is 12.1 Å². The van der Waals surface area contributed by atoms with Gasteiger partial charge >= 0.3 is 6.18 Å². The smallest absolute Gasteiger partial charge is 0.390 e. The van der Waals surface area contributed by atoms with Crippen LogP contribution in [0.2, 0.25) is 0 Å². The number of hydrogen-bond donors (Lipinski definition) is 2. The molecule has 0 spiro atoms. The first-order valence-electron chi connectivity index (χ1n) is 8.82. The Bertz CT molecular complexity index is 586. The third-order valence-electron chi connectivity index (χ3n) is 4.45. The van der Waals surface area contributed by atoms with Crippen LogP contribution in [0, 0.1) is 0 Å². The van der Waals surface area contributed by atoms with Crippen molar-refractivity contribution in [3.05, 3.63) is 29.8 Å². The first kappa shape index (κ1) is 20.4. The summed E-state index contributed by atoms with van der Waals surface area (Å²) in [6.45, 7) is 2.36. The summed E-state index contributed by atoms with van der Waals surface area (Å²) in [5, 5.41) is 5.88. The highest BCUT2D eigenvalue weighted by atomic mass is 19.4. The fraction of sp³-hybridized carbons (Fsp3) is 0.611. The van der Waals surface area contributed by atoms with Crippen molar-refractivity contribution < 1.29 is 17.9 Å². The van der Waals surface area contributed by atoms with Crippen molar-refractivity contribution >= 4 is 5.96 Å². The topological polar surface area (TPSA) is 48.9 Å². The zero-order chi connectivity index (χ0) is 19.0. The molecule has 1 saturated heterocycles. The van der Waals surface area contributed by atoms with Gasteiger partial charge in [-0.15, -0.1) is 0 Å². The second kappa shape index (κ2) is 9.66. The summed E-state index contributed by atoms with van der Waals surface area (Å²) in [6.07, 6.45) is -2.76. The zero-order valence-corrected chi connectivity index (χ0v) is 15.3. The Balaban J connectivity index is 1.99. The maximum atomic E-state index is 12.3. The van der Waals surface area contributed by atoms with E-state index in [0.717, 1.165) is 37.2 Å². The fourth-order valence-electron chi connectivity index (χ4n) is 3.10. The molecule has 26 heavy (non-hydrogen) atoms. The van der Waals surface area contributed by atoms with Crippen molar-refractivity contribution in [1.29, 1.82) is 0 Å². The number of likely N-dealkylation sites (tertiary alicyclic amines) is 1. The minimum absolute atomic E-state index is 0.105. The zero-order valence-electron chi connectivity index (χ0n) is 15.3. The molecule has 1 aliphatic rings. The maximum absolute atomic E-state index is 12.3. The summed E-state index contributed by atoms with van der Waals surface area (Å²) in [4.78, 5) is 6.40. The van der Waals surface area contributed by atoms with Gasteiger partial charge in [0.1, 0.15) is 5.75 Å². The van der Waals surface area contributed by atoms with E-state index in [1.807, 2.05) is 24.3 Å². The molecule has 0 bridgehead atoms. The van der Waals surface area contributed by atoms with Crippen molar-refractivity contribution in [2.24, 2.45) is 4.99 Å². The van der Waals surface area contributed by atoms with E-state index in [0.29, 0.717) is 12.5 Å². The summed E-state index contributed by atoms with van der Waals surface area (Å²) in [6, 6.07) is 8.01. The van der Waals surface area contributed by atoms with Gasteiger partial charge in [-0.05, 0) is 43.6 Å². The van der Waals surface area contributed by atoms with Crippen LogP contribution in [-0.2, 0) is 0 Å². The number of rotatable bonds is 7. The molecular formula is C18H27F3N4O. The van der Waals surface area contributed by atoms with Crippen molar-refractivity contribution in [1.82, 2.24) is 15.5 Å². The number of ether oxygens (including phenoxy) is 1. The first-order chi connectivity index (χ1) is 12.4. The molecule has 0 saturated carbocycles. The average Bonchev–Trinajstić information content (AvgIpc) is 3.14. The largest absolute Gasteiger partial charge is 0.497 e. The van der Waals surface area contributed by atoms with Gasteiger partial charge in [-0.2, -0.15) is 13.2 Å². The SMILES string of the molecule is CN=C(NCCC(F)(F)F)NCC(c1cccc(OC)c1)N1CCCC1. The molecule has 0 radical (unpaired) electrons. The number of methoxy groups -OCH3 is 1. The van der Waals surface area contributed by atoms with Crippen LogP contribution in [0.4, 0.5) is 13.2 Å². The Morgan fingerprint density at radius 1 is 1.27 bits per heavy atom. The van der Waals surface area contributed by atoms with E-state index in [1.165, 1.54) is 0 Å². The standard InChI is InChI=1S/C18H27F3N4O/c1-22-17(23-9-8-18(19,20)21)24-13-16(25-10-3-4-11-25)14-6-5-7-15(12-14)26-2/h5-7,12,16H,3-4,8-11,13H2,1-2H3,(H2,22,23,24). The summed E-state index contributed by atoms with van der Waals surface area (Å²) in [5.41, 5.74) is 1.12. The van der Waals surface area contributed by atoms with Gasteiger partial charge in [-0.25, -0.2) is 0 Å². The van der Waals surface area contributed by atoms with Gasteiger partial charge in [0.2, 0.25) is 0 Å². The minimum Gasteiger partial charge on any atom is -0.497 e. The Hall–Kier alpha value is -1.96. The minimum atomic E-state index is -4.18. The molecule has 0 aromatic heterocycles. The fourth-order valence-corrected chi connectivity index (χ4v) is 3.10. The molecule has 2 N–H and O–H groups in total. The van der Waals surface area contributed by atoms with Gasteiger partial charge < -0.3 is 15.4 Å². The lowest BCUT2D eigenvalue weighted by Gasteiger charge is -2.29. The average molecular weight is 372 g/mol. The van der Waals surface area contributed by atoms with E-state index in [1.54, 1.807) is 14.2 Å². The highest BCUT2D eigenvalue weighted by Crippen LogP contribution is 2.27. The number of nitrogens with zero attached hydrogens (tertiary/aromatic N) is 2. The molecule has 1 aromatic carbocycles. The van der Waals surface area contributed by atoms with E-state index in [-0.39, 0.29) is 12.6 Å². The number of hydrogen-bond acceptors (Lipinski definition) is 3. The second-order valence-electron chi connectivity index (χ2n) is 6.28.